The third kappa shape index (κ3) is 3.16. The molecule has 0 saturated carbocycles. The first-order chi connectivity index (χ1) is 9.95. The molecule has 0 fully saturated rings. The number of nitrogens with zero attached hydrogens (tertiary/aromatic N) is 4. The van der Waals surface area contributed by atoms with Crippen molar-refractivity contribution in [2.24, 2.45) is 0 Å². The van der Waals surface area contributed by atoms with Crippen molar-refractivity contribution in [2.45, 2.75) is 5.16 Å². The Morgan fingerprint density at radius 2 is 1.86 bits per heavy atom. The van der Waals surface area contributed by atoms with Crippen LogP contribution in [0.3, 0.4) is 0 Å². The number of amides is 1. The average Bonchev–Trinajstić information content (AvgIpc) is 2.47. The fourth-order valence-corrected chi connectivity index (χ4v) is 2.39. The van der Waals surface area contributed by atoms with Gasteiger partial charge in [-0.3, -0.25) is 4.79 Å². The Labute approximate surface area is 134 Å². The number of carbonyl (C=O) groups is 1. The van der Waals surface area contributed by atoms with Gasteiger partial charge in [-0.2, -0.15) is 0 Å². The summed E-state index contributed by atoms with van der Waals surface area (Å²) in [6.45, 7) is 0. The molecule has 21 heavy (non-hydrogen) atoms. The highest BCUT2D eigenvalue weighted by Crippen LogP contribution is 2.18. The molecule has 0 atom stereocenters. The molecule has 1 aromatic carbocycles. The van der Waals surface area contributed by atoms with Crippen LogP contribution in [0, 0.1) is 0 Å². The van der Waals surface area contributed by atoms with Gasteiger partial charge in [0.25, 0.3) is 5.56 Å². The van der Waals surface area contributed by atoms with E-state index in [0.29, 0.717) is 5.56 Å². The molecule has 1 heterocycles. The summed E-state index contributed by atoms with van der Waals surface area (Å²) in [6.07, 6.45) is 1.74. The maximum absolute atomic E-state index is 12.6. The topological polar surface area (TPSA) is 68.1 Å². The van der Waals surface area contributed by atoms with Crippen LogP contribution in [0.25, 0.3) is 11.3 Å². The third-order valence-electron chi connectivity index (χ3n) is 2.71. The quantitative estimate of drug-likeness (QED) is 0.760. The molecular weight excluding hydrogens is 356 g/mol. The molecule has 1 aromatic heterocycles. The van der Waals surface area contributed by atoms with Gasteiger partial charge < -0.3 is 4.90 Å². The fraction of sp³-hybridized carbons (Fsp3) is 0.231. The minimum Gasteiger partial charge on any atom is -0.330 e. The Bertz CT molecular complexity index is 728. The largest absolute Gasteiger partial charge is 0.332 e. The van der Waals surface area contributed by atoms with Crippen molar-refractivity contribution >= 4 is 33.7 Å². The van der Waals surface area contributed by atoms with Gasteiger partial charge in [0.15, 0.2) is 5.69 Å². The SMILES string of the molecule is CSc1nnc(-c2ccc(Br)cc2)c(=O)n1C(=O)N(C)C. The number of benzene rings is 1. The minimum atomic E-state index is -0.477. The normalized spacial score (nSPS) is 10.5. The second-order valence-corrected chi connectivity index (χ2v) is 6.05. The van der Waals surface area contributed by atoms with Crippen molar-refractivity contribution in [3.05, 3.63) is 39.1 Å². The maximum Gasteiger partial charge on any atom is 0.332 e. The van der Waals surface area contributed by atoms with E-state index in [-0.39, 0.29) is 10.9 Å². The monoisotopic (exact) mass is 368 g/mol. The van der Waals surface area contributed by atoms with Crippen LogP contribution in [0.2, 0.25) is 0 Å². The summed E-state index contributed by atoms with van der Waals surface area (Å²) in [5.74, 6) is 0. The molecule has 0 bridgehead atoms. The predicted molar refractivity (Wildman–Crippen MR) is 85.7 cm³/mol. The third-order valence-corrected chi connectivity index (χ3v) is 3.86. The van der Waals surface area contributed by atoms with Crippen molar-refractivity contribution < 1.29 is 4.79 Å². The van der Waals surface area contributed by atoms with E-state index in [4.69, 9.17) is 0 Å². The van der Waals surface area contributed by atoms with Crippen LogP contribution >= 0.6 is 27.7 Å². The smallest absolute Gasteiger partial charge is 0.330 e. The minimum absolute atomic E-state index is 0.149. The highest BCUT2D eigenvalue weighted by Gasteiger charge is 2.19. The summed E-state index contributed by atoms with van der Waals surface area (Å²) >= 11 is 4.53. The summed E-state index contributed by atoms with van der Waals surface area (Å²) in [5.41, 5.74) is 0.287. The second kappa shape index (κ2) is 6.40. The maximum atomic E-state index is 12.6. The number of carbonyl (C=O) groups excluding carboxylic acids is 1. The fourth-order valence-electron chi connectivity index (χ4n) is 1.66. The van der Waals surface area contributed by atoms with Crippen molar-refractivity contribution in [1.29, 1.82) is 0 Å². The van der Waals surface area contributed by atoms with Crippen molar-refractivity contribution in [2.75, 3.05) is 20.4 Å². The molecule has 1 amide bonds. The van der Waals surface area contributed by atoms with E-state index in [0.717, 1.165) is 9.04 Å². The van der Waals surface area contributed by atoms with Gasteiger partial charge >= 0.3 is 6.03 Å². The van der Waals surface area contributed by atoms with Crippen LogP contribution in [0.5, 0.6) is 0 Å². The van der Waals surface area contributed by atoms with E-state index in [2.05, 4.69) is 26.1 Å². The summed E-state index contributed by atoms with van der Waals surface area (Å²) < 4.78 is 1.93. The average molecular weight is 369 g/mol. The zero-order valence-electron chi connectivity index (χ0n) is 11.7. The van der Waals surface area contributed by atoms with Crippen LogP contribution in [0.15, 0.2) is 38.7 Å². The molecule has 8 heteroatoms. The Balaban J connectivity index is 2.65. The molecule has 0 aliphatic carbocycles. The van der Waals surface area contributed by atoms with E-state index in [1.165, 1.54) is 16.7 Å². The first-order valence-electron chi connectivity index (χ1n) is 5.97. The molecule has 0 radical (unpaired) electrons. The molecule has 110 valence electrons. The van der Waals surface area contributed by atoms with Crippen LogP contribution in [0.1, 0.15) is 0 Å². The van der Waals surface area contributed by atoms with Gasteiger partial charge in [0.2, 0.25) is 5.16 Å². The van der Waals surface area contributed by atoms with Gasteiger partial charge in [0.1, 0.15) is 0 Å². The predicted octanol–water partition coefficient (Wildman–Crippen LogP) is 2.32. The zero-order valence-corrected chi connectivity index (χ0v) is 14.1. The summed E-state index contributed by atoms with van der Waals surface area (Å²) in [7, 11) is 3.16. The highest BCUT2D eigenvalue weighted by molar-refractivity contribution is 9.10. The summed E-state index contributed by atoms with van der Waals surface area (Å²) in [6, 6.07) is 6.66. The number of rotatable bonds is 2. The number of hydrogen-bond acceptors (Lipinski definition) is 5. The standard InChI is InChI=1S/C13H13BrN4O2S/c1-17(2)13(20)18-11(19)10(15-16-12(18)21-3)8-4-6-9(14)7-5-8/h4-7H,1-3H3. The van der Waals surface area contributed by atoms with E-state index < -0.39 is 11.6 Å². The Morgan fingerprint density at radius 1 is 1.24 bits per heavy atom. The number of aromatic nitrogens is 3. The number of hydrogen-bond donors (Lipinski definition) is 0. The molecule has 0 unspecified atom stereocenters. The summed E-state index contributed by atoms with van der Waals surface area (Å²) in [4.78, 5) is 26.1. The van der Waals surface area contributed by atoms with Gasteiger partial charge in [0.05, 0.1) is 0 Å². The van der Waals surface area contributed by atoms with Crippen LogP contribution < -0.4 is 5.56 Å². The van der Waals surface area contributed by atoms with E-state index >= 15 is 0 Å². The van der Waals surface area contributed by atoms with Gasteiger partial charge in [-0.25, -0.2) is 9.36 Å². The number of halogens is 1. The van der Waals surface area contributed by atoms with E-state index in [1.807, 2.05) is 0 Å². The molecule has 6 nitrogen and oxygen atoms in total. The highest BCUT2D eigenvalue weighted by atomic mass is 79.9. The molecule has 0 aliphatic rings. The first kappa shape index (κ1) is 15.7. The van der Waals surface area contributed by atoms with Gasteiger partial charge in [-0.05, 0) is 18.4 Å². The lowest BCUT2D eigenvalue weighted by atomic mass is 10.2. The van der Waals surface area contributed by atoms with Gasteiger partial charge in [0, 0.05) is 24.1 Å². The van der Waals surface area contributed by atoms with Crippen LogP contribution in [0.4, 0.5) is 4.79 Å². The Kier molecular flexibility index (Phi) is 4.79. The Hall–Kier alpha value is -1.67. The van der Waals surface area contributed by atoms with E-state index in [1.54, 1.807) is 44.6 Å². The van der Waals surface area contributed by atoms with Crippen LogP contribution in [-0.4, -0.2) is 46.0 Å². The molecular formula is C13H13BrN4O2S. The molecule has 0 aliphatic heterocycles. The lowest BCUT2D eigenvalue weighted by molar-refractivity contribution is 0.215. The van der Waals surface area contributed by atoms with Crippen LogP contribution in [-0.2, 0) is 0 Å². The number of thioether (sulfide) groups is 1. The molecule has 0 saturated heterocycles. The van der Waals surface area contributed by atoms with Crippen molar-refractivity contribution in [3.63, 3.8) is 0 Å². The summed E-state index contributed by atoms with van der Waals surface area (Å²) in [5, 5.41) is 8.20. The van der Waals surface area contributed by atoms with Gasteiger partial charge in [-0.1, -0.05) is 39.8 Å². The molecule has 2 rings (SSSR count). The Morgan fingerprint density at radius 3 is 2.38 bits per heavy atom. The first-order valence-corrected chi connectivity index (χ1v) is 7.98. The molecule has 2 aromatic rings. The van der Waals surface area contributed by atoms with E-state index in [9.17, 15) is 9.59 Å². The van der Waals surface area contributed by atoms with Gasteiger partial charge in [-0.15, -0.1) is 10.2 Å². The van der Waals surface area contributed by atoms with Crippen molar-refractivity contribution in [1.82, 2.24) is 19.7 Å². The van der Waals surface area contributed by atoms with Crippen molar-refractivity contribution in [3.8, 4) is 11.3 Å². The lowest BCUT2D eigenvalue weighted by Crippen LogP contribution is -2.38. The molecule has 0 N–H and O–H groups in total. The second-order valence-electron chi connectivity index (χ2n) is 4.36. The lowest BCUT2D eigenvalue weighted by Gasteiger charge is -2.14. The molecule has 0 spiro atoms. The zero-order chi connectivity index (χ0) is 15.6.